The minimum atomic E-state index is -5.21. The summed E-state index contributed by atoms with van der Waals surface area (Å²) in [4.78, 5) is 8.15. The van der Waals surface area contributed by atoms with E-state index in [0.29, 0.717) is 12.1 Å². The molecule has 0 amide bonds. The van der Waals surface area contributed by atoms with Gasteiger partial charge in [-0.3, -0.25) is 13.7 Å². The van der Waals surface area contributed by atoms with E-state index in [-0.39, 0.29) is 148 Å². The molecule has 54 heavy (non-hydrogen) atoms. The third-order valence-electron chi connectivity index (χ3n) is 6.56. The van der Waals surface area contributed by atoms with Gasteiger partial charge in [0.1, 0.15) is 21.2 Å². The minimum absolute atomic E-state index is 0. The van der Waals surface area contributed by atoms with Crippen LogP contribution in [-0.2, 0) is 44.9 Å². The van der Waals surface area contributed by atoms with Crippen LogP contribution in [-0.4, -0.2) is 92.9 Å². The minimum Gasteiger partial charge on any atom is -0.505 e. The maximum Gasteiger partial charge on any atom is 1.00 e. The van der Waals surface area contributed by atoms with Crippen LogP contribution in [0.2, 0.25) is 0 Å². The third-order valence-corrected chi connectivity index (χ3v) is 10.5. The van der Waals surface area contributed by atoms with Crippen LogP contribution in [0.3, 0.4) is 0 Å². The normalized spacial score (nSPS) is 12.0. The van der Waals surface area contributed by atoms with Crippen LogP contribution in [0.4, 0.5) is 33.3 Å². The Bertz CT molecular complexity index is 2530. The Morgan fingerprint density at radius 2 is 1.43 bits per heavy atom. The number of sulfone groups is 1. The quantitative estimate of drug-likeness (QED) is 0.0281. The topological polar surface area (TPSA) is 314 Å². The molecule has 28 heteroatoms. The standard InChI is InChI=1S/C26H26FN7O13S4.3Na/c1-3-48(36,37)9-8-47-7-6-28-25-30-24(27)31-26(32-25)29-16-4-5-17-15(11-16)12-21(51(44,45)46)22(23(17)35)34-33-18-13-19(49(38,39)40)14(2)10-20(18)50(41,42)43;;;/h3-5,10-13,35H,1,6-9H2,2H3,(H,38,39,40)(H,41,42,43)(H,44,45,46)(H2,28,29,30,31,32);;;/q;3*+1. The van der Waals surface area contributed by atoms with Crippen molar-refractivity contribution >= 4 is 79.9 Å². The van der Waals surface area contributed by atoms with Gasteiger partial charge >= 0.3 is 94.8 Å². The summed E-state index contributed by atoms with van der Waals surface area (Å²) in [6.07, 6.45) is -1.20. The molecule has 3 aromatic carbocycles. The Labute approximate surface area is 374 Å². The number of halogens is 1. The molecule has 0 bridgehead atoms. The van der Waals surface area contributed by atoms with Crippen LogP contribution < -0.4 is 99.3 Å². The molecule has 20 nitrogen and oxygen atoms in total. The van der Waals surface area contributed by atoms with Crippen molar-refractivity contribution in [2.75, 3.05) is 36.1 Å². The Hall–Kier alpha value is -1.76. The van der Waals surface area contributed by atoms with Gasteiger partial charge in [0.25, 0.3) is 30.4 Å². The SMILES string of the molecule is C=CS(=O)(=O)CCOCCNc1nc(F)nc(Nc2ccc3c(O)c(N=Nc4cc(S(=O)(=O)O)c(C)cc4S(=O)(=O)O)c(S(=O)(=O)O)cc3c2)n1.[Na+].[Na+].[Na+]. The summed E-state index contributed by atoms with van der Waals surface area (Å²) in [5.41, 5.74) is -2.02. The van der Waals surface area contributed by atoms with E-state index in [1.54, 1.807) is 0 Å². The number of ether oxygens (including phenoxy) is 1. The maximum atomic E-state index is 14.2. The second-order valence-electron chi connectivity index (χ2n) is 10.2. The number of rotatable bonds is 15. The molecule has 0 saturated heterocycles. The molecule has 0 aliphatic heterocycles. The van der Waals surface area contributed by atoms with Crippen LogP contribution in [0.1, 0.15) is 5.56 Å². The van der Waals surface area contributed by atoms with Crippen LogP contribution >= 0.6 is 0 Å². The first-order valence-corrected chi connectivity index (χ1v) is 19.8. The fraction of sp³-hybridized carbons (Fsp3) is 0.192. The summed E-state index contributed by atoms with van der Waals surface area (Å²) in [6.45, 7) is 4.23. The van der Waals surface area contributed by atoms with Gasteiger partial charge in [-0.2, -0.15) is 44.6 Å². The molecule has 6 N–H and O–H groups in total. The number of fused-ring (bicyclic) bond motifs is 1. The summed E-state index contributed by atoms with van der Waals surface area (Å²) in [5.74, 6) is -1.75. The molecule has 0 atom stereocenters. The number of hydrogen-bond acceptors (Lipinski definition) is 17. The predicted octanol–water partition coefficient (Wildman–Crippen LogP) is -5.92. The average molecular weight is 861 g/mol. The number of aromatic nitrogens is 3. The zero-order valence-corrected chi connectivity index (χ0v) is 38.1. The summed E-state index contributed by atoms with van der Waals surface area (Å²) >= 11 is 0. The molecule has 0 unspecified atom stereocenters. The molecule has 274 valence electrons. The predicted molar refractivity (Wildman–Crippen MR) is 177 cm³/mol. The molecule has 4 rings (SSSR count). The van der Waals surface area contributed by atoms with Gasteiger partial charge in [-0.25, -0.2) is 8.42 Å². The third kappa shape index (κ3) is 13.4. The van der Waals surface area contributed by atoms with Crippen LogP contribution in [0.5, 0.6) is 5.75 Å². The van der Waals surface area contributed by atoms with Gasteiger partial charge < -0.3 is 20.5 Å². The summed E-state index contributed by atoms with van der Waals surface area (Å²) in [6, 6.07) is 5.80. The number of aryl methyl sites for hydroxylation is 1. The van der Waals surface area contributed by atoms with E-state index in [9.17, 15) is 56.8 Å². The number of phenolic OH excluding ortho intramolecular Hbond substituents is 1. The Kier molecular flexibility index (Phi) is 18.7. The van der Waals surface area contributed by atoms with Gasteiger partial charge in [-0.15, -0.1) is 10.2 Å². The van der Waals surface area contributed by atoms with Crippen molar-refractivity contribution in [3.8, 4) is 5.75 Å². The van der Waals surface area contributed by atoms with Gasteiger partial charge in [-0.05, 0) is 54.3 Å². The number of nitrogens with zero attached hydrogens (tertiary/aromatic N) is 5. The Morgan fingerprint density at radius 3 is 2.02 bits per heavy atom. The van der Waals surface area contributed by atoms with E-state index in [1.807, 2.05) is 0 Å². The molecule has 1 heterocycles. The average Bonchev–Trinajstić information content (AvgIpc) is 3.00. The number of hydrogen-bond donors (Lipinski definition) is 6. The van der Waals surface area contributed by atoms with Crippen LogP contribution in [0, 0.1) is 13.0 Å². The number of aromatic hydroxyl groups is 1. The molecule has 4 aromatic rings. The summed E-state index contributed by atoms with van der Waals surface area (Å²) < 4.78 is 143. The monoisotopic (exact) mass is 860 g/mol. The van der Waals surface area contributed by atoms with E-state index < -0.39 is 78.1 Å². The van der Waals surface area contributed by atoms with Gasteiger partial charge in [0.05, 0.1) is 23.9 Å². The smallest absolute Gasteiger partial charge is 0.505 e. The number of nitrogens with one attached hydrogen (secondary N) is 2. The Balaban J connectivity index is 0.00000486. The van der Waals surface area contributed by atoms with Crippen molar-refractivity contribution in [1.29, 1.82) is 0 Å². The van der Waals surface area contributed by atoms with Crippen LogP contribution in [0.25, 0.3) is 10.8 Å². The van der Waals surface area contributed by atoms with E-state index in [2.05, 4.69) is 42.4 Å². The summed E-state index contributed by atoms with van der Waals surface area (Å²) in [5, 5.41) is 24.0. The van der Waals surface area contributed by atoms with Crippen molar-refractivity contribution in [1.82, 2.24) is 15.0 Å². The number of anilines is 3. The molecule has 1 aromatic heterocycles. The zero-order valence-electron chi connectivity index (χ0n) is 28.8. The number of benzene rings is 3. The van der Waals surface area contributed by atoms with Crippen molar-refractivity contribution in [3.05, 3.63) is 60.0 Å². The van der Waals surface area contributed by atoms with Gasteiger partial charge in [0, 0.05) is 23.0 Å². The van der Waals surface area contributed by atoms with E-state index in [0.717, 1.165) is 18.4 Å². The zero-order chi connectivity index (χ0) is 37.9. The van der Waals surface area contributed by atoms with E-state index >= 15 is 0 Å². The number of azo groups is 1. The molecule has 0 saturated carbocycles. The second-order valence-corrected chi connectivity index (χ2v) is 16.4. The molecule has 0 aliphatic carbocycles. The van der Waals surface area contributed by atoms with Gasteiger partial charge in [-0.1, -0.05) is 6.58 Å². The first kappa shape index (κ1) is 50.3. The van der Waals surface area contributed by atoms with Crippen molar-refractivity contribution in [2.45, 2.75) is 21.6 Å². The van der Waals surface area contributed by atoms with Gasteiger partial charge in [0.2, 0.25) is 11.9 Å². The first-order chi connectivity index (χ1) is 23.6. The van der Waals surface area contributed by atoms with E-state index in [4.69, 9.17) is 4.74 Å². The molecule has 0 spiro atoms. The molecular weight excluding hydrogens is 835 g/mol. The van der Waals surface area contributed by atoms with Crippen molar-refractivity contribution < 1.29 is 150 Å². The van der Waals surface area contributed by atoms with Crippen LogP contribution in [0.15, 0.2) is 73.3 Å². The molecule has 0 aliphatic rings. The first-order valence-electron chi connectivity index (χ1n) is 13.7. The summed E-state index contributed by atoms with van der Waals surface area (Å²) in [7, 11) is -18.7. The van der Waals surface area contributed by atoms with Crippen molar-refractivity contribution in [3.63, 3.8) is 0 Å². The van der Waals surface area contributed by atoms with E-state index in [1.165, 1.54) is 18.2 Å². The maximum absolute atomic E-state index is 14.2. The second kappa shape index (κ2) is 20.1. The molecule has 0 fully saturated rings. The molecular formula is C26H26FN7Na3O13S4+3. The largest absolute Gasteiger partial charge is 1.00 e. The number of phenols is 1. The Morgan fingerprint density at radius 1 is 0.815 bits per heavy atom. The fourth-order valence-electron chi connectivity index (χ4n) is 4.25. The van der Waals surface area contributed by atoms with Crippen molar-refractivity contribution in [2.24, 2.45) is 10.2 Å². The fourth-order valence-corrected chi connectivity index (χ4v) is 6.84. The van der Waals surface area contributed by atoms with Gasteiger partial charge in [0.15, 0.2) is 15.6 Å². The molecule has 0 radical (unpaired) electrons.